The van der Waals surface area contributed by atoms with Crippen LogP contribution < -0.4 is 15.5 Å². The van der Waals surface area contributed by atoms with Crippen LogP contribution in [-0.2, 0) is 0 Å². The van der Waals surface area contributed by atoms with Crippen LogP contribution in [0.5, 0.6) is 0 Å². The van der Waals surface area contributed by atoms with Gasteiger partial charge in [0.15, 0.2) is 5.69 Å². The molecular weight excluding hydrogens is 406 g/mol. The van der Waals surface area contributed by atoms with Gasteiger partial charge in [0.25, 0.3) is 11.8 Å². The standard InChI is InChI=1S/C20H20ClN7O2/c21-14-8-13(9-22-10-14)19(29)26-16-12-24-27-18(16)20(30)25-15-4-5-17(23-11-15)28-6-2-1-3-7-28/h4-5,8-12H,1-3,6-7H2,(H,24,27)(H,25,30)(H,26,29). The Morgan fingerprint density at radius 1 is 1.03 bits per heavy atom. The molecular formula is C20H20ClN7O2. The van der Waals surface area contributed by atoms with Gasteiger partial charge in [-0.25, -0.2) is 4.98 Å². The SMILES string of the molecule is O=C(Nc1c[nH]nc1C(=O)Nc1ccc(N2CCCCC2)nc1)c1cncc(Cl)c1. The topological polar surface area (TPSA) is 116 Å². The number of hydrogen-bond acceptors (Lipinski definition) is 6. The number of nitrogens with one attached hydrogen (secondary N) is 3. The van der Waals surface area contributed by atoms with E-state index in [0.29, 0.717) is 10.7 Å². The maximum atomic E-state index is 12.6. The molecule has 0 aromatic carbocycles. The number of pyridine rings is 2. The van der Waals surface area contributed by atoms with E-state index in [9.17, 15) is 9.59 Å². The Kier molecular flexibility index (Phi) is 5.89. The van der Waals surface area contributed by atoms with Crippen molar-refractivity contribution in [2.75, 3.05) is 28.6 Å². The largest absolute Gasteiger partial charge is 0.357 e. The van der Waals surface area contributed by atoms with Gasteiger partial charge >= 0.3 is 0 Å². The Bertz CT molecular complexity index is 1050. The lowest BCUT2D eigenvalue weighted by Gasteiger charge is -2.27. The predicted octanol–water partition coefficient (Wildman–Crippen LogP) is 3.35. The summed E-state index contributed by atoms with van der Waals surface area (Å²) in [6.45, 7) is 1.99. The summed E-state index contributed by atoms with van der Waals surface area (Å²) < 4.78 is 0. The monoisotopic (exact) mass is 425 g/mol. The van der Waals surface area contributed by atoms with Gasteiger partial charge in [0, 0.05) is 31.7 Å². The molecule has 2 amide bonds. The summed E-state index contributed by atoms with van der Waals surface area (Å²) in [5, 5.41) is 12.3. The van der Waals surface area contributed by atoms with Crippen LogP contribution in [-0.4, -0.2) is 45.1 Å². The molecule has 0 spiro atoms. The van der Waals surface area contributed by atoms with Crippen LogP contribution in [0.2, 0.25) is 5.02 Å². The van der Waals surface area contributed by atoms with E-state index in [-0.39, 0.29) is 16.9 Å². The number of amides is 2. The molecule has 4 rings (SSSR count). The molecule has 3 aromatic rings. The fourth-order valence-corrected chi connectivity index (χ4v) is 3.42. The number of nitrogens with zero attached hydrogens (tertiary/aromatic N) is 4. The lowest BCUT2D eigenvalue weighted by atomic mass is 10.1. The van der Waals surface area contributed by atoms with E-state index in [0.717, 1.165) is 18.9 Å². The molecule has 1 aliphatic rings. The second-order valence-electron chi connectivity index (χ2n) is 6.90. The molecule has 0 atom stereocenters. The summed E-state index contributed by atoms with van der Waals surface area (Å²) in [5.74, 6) is -0.0214. The zero-order valence-electron chi connectivity index (χ0n) is 16.1. The smallest absolute Gasteiger partial charge is 0.278 e. The van der Waals surface area contributed by atoms with E-state index < -0.39 is 11.8 Å². The molecule has 154 valence electrons. The zero-order chi connectivity index (χ0) is 20.9. The summed E-state index contributed by atoms with van der Waals surface area (Å²) in [6.07, 6.45) is 9.45. The minimum absolute atomic E-state index is 0.0541. The lowest BCUT2D eigenvalue weighted by Crippen LogP contribution is -2.30. The molecule has 0 radical (unpaired) electrons. The van der Waals surface area contributed by atoms with Crippen molar-refractivity contribution in [1.82, 2.24) is 20.2 Å². The fraction of sp³-hybridized carbons (Fsp3) is 0.250. The highest BCUT2D eigenvalue weighted by molar-refractivity contribution is 6.30. The first-order valence-corrected chi connectivity index (χ1v) is 9.96. The highest BCUT2D eigenvalue weighted by Crippen LogP contribution is 2.20. The molecule has 3 N–H and O–H groups in total. The van der Waals surface area contributed by atoms with Crippen molar-refractivity contribution >= 4 is 40.6 Å². The lowest BCUT2D eigenvalue weighted by molar-refractivity contribution is 0.102. The first kappa shape index (κ1) is 19.8. The van der Waals surface area contributed by atoms with Gasteiger partial charge in [-0.3, -0.25) is 19.7 Å². The number of anilines is 3. The fourth-order valence-electron chi connectivity index (χ4n) is 3.25. The number of H-pyrrole nitrogens is 1. The van der Waals surface area contributed by atoms with Gasteiger partial charge in [0.05, 0.1) is 28.2 Å². The average Bonchev–Trinajstić information content (AvgIpc) is 3.23. The van der Waals surface area contributed by atoms with E-state index in [1.54, 1.807) is 12.3 Å². The number of aromatic nitrogens is 4. The summed E-state index contributed by atoms with van der Waals surface area (Å²) in [7, 11) is 0. The molecule has 0 unspecified atom stereocenters. The maximum absolute atomic E-state index is 12.6. The van der Waals surface area contributed by atoms with Crippen LogP contribution in [0.25, 0.3) is 0 Å². The number of aromatic amines is 1. The number of rotatable bonds is 5. The van der Waals surface area contributed by atoms with Crippen LogP contribution >= 0.6 is 11.6 Å². The van der Waals surface area contributed by atoms with Crippen LogP contribution in [0.3, 0.4) is 0 Å². The molecule has 9 nitrogen and oxygen atoms in total. The Labute approximate surface area is 177 Å². The van der Waals surface area contributed by atoms with Crippen molar-refractivity contribution < 1.29 is 9.59 Å². The molecule has 0 bridgehead atoms. The van der Waals surface area contributed by atoms with Crippen molar-refractivity contribution in [3.63, 3.8) is 0 Å². The van der Waals surface area contributed by atoms with Crippen molar-refractivity contribution in [2.45, 2.75) is 19.3 Å². The third kappa shape index (κ3) is 4.57. The first-order valence-electron chi connectivity index (χ1n) is 9.58. The summed E-state index contributed by atoms with van der Waals surface area (Å²) in [6, 6.07) is 5.18. The number of carbonyl (C=O) groups is 2. The van der Waals surface area contributed by atoms with E-state index in [4.69, 9.17) is 11.6 Å². The van der Waals surface area contributed by atoms with Crippen LogP contribution in [0.1, 0.15) is 40.1 Å². The Morgan fingerprint density at radius 3 is 2.60 bits per heavy atom. The average molecular weight is 426 g/mol. The van der Waals surface area contributed by atoms with Gasteiger partial charge in [-0.2, -0.15) is 5.10 Å². The predicted molar refractivity (Wildman–Crippen MR) is 114 cm³/mol. The van der Waals surface area contributed by atoms with Gasteiger partial charge in [-0.15, -0.1) is 0 Å². The molecule has 1 saturated heterocycles. The quantitative estimate of drug-likeness (QED) is 0.577. The van der Waals surface area contributed by atoms with Gasteiger partial charge in [-0.05, 0) is 37.5 Å². The second-order valence-corrected chi connectivity index (χ2v) is 7.34. The number of carbonyl (C=O) groups excluding carboxylic acids is 2. The molecule has 1 fully saturated rings. The van der Waals surface area contributed by atoms with Gasteiger partial charge in [-0.1, -0.05) is 11.6 Å². The van der Waals surface area contributed by atoms with E-state index in [1.165, 1.54) is 43.9 Å². The van der Waals surface area contributed by atoms with Crippen LogP contribution in [0.15, 0.2) is 43.0 Å². The van der Waals surface area contributed by atoms with Gasteiger partial charge in [0.2, 0.25) is 0 Å². The minimum Gasteiger partial charge on any atom is -0.357 e. The molecule has 3 aromatic heterocycles. The molecule has 0 aliphatic carbocycles. The van der Waals surface area contributed by atoms with E-state index >= 15 is 0 Å². The summed E-state index contributed by atoms with van der Waals surface area (Å²) in [5.41, 5.74) is 1.11. The first-order chi connectivity index (χ1) is 14.6. The Morgan fingerprint density at radius 2 is 1.87 bits per heavy atom. The number of hydrogen-bond donors (Lipinski definition) is 3. The summed E-state index contributed by atoms with van der Waals surface area (Å²) in [4.78, 5) is 35.6. The Hall–Kier alpha value is -3.46. The Balaban J connectivity index is 1.42. The maximum Gasteiger partial charge on any atom is 0.278 e. The molecule has 1 aliphatic heterocycles. The molecule has 30 heavy (non-hydrogen) atoms. The molecule has 10 heteroatoms. The van der Waals surface area contributed by atoms with E-state index in [2.05, 4.69) is 35.7 Å². The van der Waals surface area contributed by atoms with Gasteiger partial charge < -0.3 is 15.5 Å². The minimum atomic E-state index is -0.469. The zero-order valence-corrected chi connectivity index (χ0v) is 16.8. The van der Waals surface area contributed by atoms with Crippen LogP contribution in [0.4, 0.5) is 17.2 Å². The number of halogens is 1. The third-order valence-electron chi connectivity index (χ3n) is 4.76. The highest BCUT2D eigenvalue weighted by Gasteiger charge is 2.18. The van der Waals surface area contributed by atoms with Crippen molar-refractivity contribution in [1.29, 1.82) is 0 Å². The van der Waals surface area contributed by atoms with Crippen molar-refractivity contribution in [3.8, 4) is 0 Å². The van der Waals surface area contributed by atoms with Gasteiger partial charge in [0.1, 0.15) is 5.82 Å². The summed E-state index contributed by atoms with van der Waals surface area (Å²) >= 11 is 5.87. The van der Waals surface area contributed by atoms with E-state index in [1.807, 2.05) is 6.07 Å². The molecule has 0 saturated carbocycles. The van der Waals surface area contributed by atoms with Crippen molar-refractivity contribution in [2.24, 2.45) is 0 Å². The number of piperidine rings is 1. The highest BCUT2D eigenvalue weighted by atomic mass is 35.5. The second kappa shape index (κ2) is 8.91. The normalized spacial score (nSPS) is 13.7. The van der Waals surface area contributed by atoms with Crippen molar-refractivity contribution in [3.05, 3.63) is 59.3 Å². The van der Waals surface area contributed by atoms with Crippen LogP contribution in [0, 0.1) is 0 Å². The molecule has 4 heterocycles. The third-order valence-corrected chi connectivity index (χ3v) is 4.96.